The highest BCUT2D eigenvalue weighted by atomic mass is 32.2. The molecule has 0 bridgehead atoms. The van der Waals surface area contributed by atoms with E-state index < -0.39 is 5.97 Å². The van der Waals surface area contributed by atoms with Crippen molar-refractivity contribution < 1.29 is 14.3 Å². The highest BCUT2D eigenvalue weighted by molar-refractivity contribution is 8.24. The molecule has 1 aromatic carbocycles. The summed E-state index contributed by atoms with van der Waals surface area (Å²) >= 11 is 6.39. The molecule has 0 radical (unpaired) electrons. The third-order valence-electron chi connectivity index (χ3n) is 2.30. The lowest BCUT2D eigenvalue weighted by atomic mass is 10.1. The van der Waals surface area contributed by atoms with Crippen molar-refractivity contribution in [2.75, 3.05) is 17.8 Å². The summed E-state index contributed by atoms with van der Waals surface area (Å²) in [6.45, 7) is 0. The van der Waals surface area contributed by atoms with Crippen LogP contribution >= 0.6 is 24.0 Å². The second kappa shape index (κ2) is 4.85. The molecule has 1 fully saturated rings. The molecule has 17 heavy (non-hydrogen) atoms. The Morgan fingerprint density at radius 3 is 2.76 bits per heavy atom. The van der Waals surface area contributed by atoms with E-state index in [4.69, 9.17) is 12.2 Å². The van der Waals surface area contributed by atoms with Gasteiger partial charge in [0.1, 0.15) is 4.32 Å². The van der Waals surface area contributed by atoms with Gasteiger partial charge in [-0.3, -0.25) is 9.69 Å². The van der Waals surface area contributed by atoms with E-state index in [9.17, 15) is 9.59 Å². The smallest absolute Gasteiger partial charge is 0.339 e. The fourth-order valence-corrected chi connectivity index (χ4v) is 2.62. The van der Waals surface area contributed by atoms with Crippen LogP contribution < -0.4 is 4.90 Å². The number of hydrogen-bond acceptors (Lipinski definition) is 5. The van der Waals surface area contributed by atoms with Crippen LogP contribution in [0.4, 0.5) is 5.69 Å². The quantitative estimate of drug-likeness (QED) is 0.604. The molecule has 2 rings (SSSR count). The molecule has 0 spiro atoms. The van der Waals surface area contributed by atoms with Crippen molar-refractivity contribution in [3.05, 3.63) is 29.8 Å². The molecule has 0 atom stereocenters. The Morgan fingerprint density at radius 2 is 2.18 bits per heavy atom. The number of esters is 1. The van der Waals surface area contributed by atoms with Crippen molar-refractivity contribution in [1.82, 2.24) is 0 Å². The Labute approximate surface area is 108 Å². The van der Waals surface area contributed by atoms with E-state index in [2.05, 4.69) is 4.74 Å². The SMILES string of the molecule is COC(=O)c1ccccc1N1C(=O)CSC1=S. The number of methoxy groups -OCH3 is 1. The fraction of sp³-hybridized carbons (Fsp3) is 0.182. The number of amides is 1. The second-order valence-corrected chi connectivity index (χ2v) is 4.90. The molecular formula is C11H9NO3S2. The predicted octanol–water partition coefficient (Wildman–Crippen LogP) is 1.84. The number of benzene rings is 1. The van der Waals surface area contributed by atoms with Gasteiger partial charge in [-0.25, -0.2) is 4.79 Å². The molecule has 0 aromatic heterocycles. The summed E-state index contributed by atoms with van der Waals surface area (Å²) in [5.74, 6) is -0.279. The topological polar surface area (TPSA) is 46.6 Å². The maximum Gasteiger partial charge on any atom is 0.339 e. The van der Waals surface area contributed by atoms with Gasteiger partial charge in [-0.05, 0) is 12.1 Å². The fourth-order valence-electron chi connectivity index (χ4n) is 1.54. The third kappa shape index (κ3) is 2.18. The van der Waals surface area contributed by atoms with E-state index in [1.807, 2.05) is 0 Å². The van der Waals surface area contributed by atoms with E-state index in [1.165, 1.54) is 23.8 Å². The van der Waals surface area contributed by atoms with Crippen molar-refractivity contribution in [2.24, 2.45) is 0 Å². The Hall–Kier alpha value is -1.40. The number of thioether (sulfide) groups is 1. The standard InChI is InChI=1S/C11H9NO3S2/c1-15-10(14)7-4-2-3-5-8(7)12-9(13)6-17-11(12)16/h2-5H,6H2,1H3. The molecule has 0 aliphatic carbocycles. The molecule has 1 heterocycles. The van der Waals surface area contributed by atoms with Gasteiger partial charge < -0.3 is 4.74 Å². The number of hydrogen-bond donors (Lipinski definition) is 0. The normalized spacial score (nSPS) is 15.2. The van der Waals surface area contributed by atoms with Gasteiger partial charge in [0.15, 0.2) is 0 Å². The average Bonchev–Trinajstić information content (AvgIpc) is 2.68. The zero-order valence-electron chi connectivity index (χ0n) is 9.00. The van der Waals surface area contributed by atoms with Gasteiger partial charge in [0.25, 0.3) is 0 Å². The zero-order chi connectivity index (χ0) is 12.4. The number of nitrogens with zero attached hydrogens (tertiary/aromatic N) is 1. The highest BCUT2D eigenvalue weighted by Gasteiger charge is 2.30. The van der Waals surface area contributed by atoms with Gasteiger partial charge >= 0.3 is 5.97 Å². The first kappa shape index (κ1) is 12.1. The first-order valence-electron chi connectivity index (χ1n) is 4.82. The van der Waals surface area contributed by atoms with Crippen LogP contribution in [-0.4, -0.2) is 29.1 Å². The van der Waals surface area contributed by atoms with Crippen molar-refractivity contribution in [3.63, 3.8) is 0 Å². The predicted molar refractivity (Wildman–Crippen MR) is 70.3 cm³/mol. The van der Waals surface area contributed by atoms with Crippen molar-refractivity contribution in [2.45, 2.75) is 0 Å². The van der Waals surface area contributed by atoms with Gasteiger partial charge in [-0.15, -0.1) is 0 Å². The Kier molecular flexibility index (Phi) is 3.44. The van der Waals surface area contributed by atoms with Gasteiger partial charge in [0, 0.05) is 0 Å². The van der Waals surface area contributed by atoms with Crippen molar-refractivity contribution in [1.29, 1.82) is 0 Å². The van der Waals surface area contributed by atoms with E-state index in [0.29, 0.717) is 21.3 Å². The lowest BCUT2D eigenvalue weighted by molar-refractivity contribution is -0.115. The molecule has 0 N–H and O–H groups in total. The van der Waals surface area contributed by atoms with Crippen molar-refractivity contribution in [3.8, 4) is 0 Å². The van der Waals surface area contributed by atoms with Crippen LogP contribution in [0, 0.1) is 0 Å². The number of anilines is 1. The number of carbonyl (C=O) groups is 2. The first-order valence-corrected chi connectivity index (χ1v) is 6.21. The molecule has 0 unspecified atom stereocenters. The lowest BCUT2D eigenvalue weighted by Gasteiger charge is -2.17. The van der Waals surface area contributed by atoms with Crippen LogP contribution in [0.15, 0.2) is 24.3 Å². The monoisotopic (exact) mass is 267 g/mol. The molecule has 1 aliphatic rings. The Bertz CT molecular complexity index is 485. The summed E-state index contributed by atoms with van der Waals surface area (Å²) in [4.78, 5) is 24.7. The summed E-state index contributed by atoms with van der Waals surface area (Å²) in [5, 5.41) is 0. The Balaban J connectivity index is 2.48. The summed E-state index contributed by atoms with van der Waals surface area (Å²) in [5.41, 5.74) is 0.826. The number of carbonyl (C=O) groups excluding carboxylic acids is 2. The van der Waals surface area contributed by atoms with E-state index in [0.717, 1.165) is 0 Å². The van der Waals surface area contributed by atoms with Gasteiger partial charge in [-0.1, -0.05) is 36.1 Å². The summed E-state index contributed by atoms with van der Waals surface area (Å²) < 4.78 is 5.14. The van der Waals surface area contributed by atoms with Crippen LogP contribution in [0.25, 0.3) is 0 Å². The van der Waals surface area contributed by atoms with E-state index in [-0.39, 0.29) is 5.91 Å². The van der Waals surface area contributed by atoms with Gasteiger partial charge in [-0.2, -0.15) is 0 Å². The molecule has 4 nitrogen and oxygen atoms in total. The van der Waals surface area contributed by atoms with E-state index in [1.54, 1.807) is 24.3 Å². The van der Waals surface area contributed by atoms with Crippen LogP contribution in [0.2, 0.25) is 0 Å². The highest BCUT2D eigenvalue weighted by Crippen LogP contribution is 2.29. The minimum Gasteiger partial charge on any atom is -0.465 e. The minimum absolute atomic E-state index is 0.114. The van der Waals surface area contributed by atoms with Crippen LogP contribution in [0.5, 0.6) is 0 Å². The Morgan fingerprint density at radius 1 is 1.47 bits per heavy atom. The third-order valence-corrected chi connectivity index (χ3v) is 3.66. The van der Waals surface area contributed by atoms with Crippen LogP contribution in [0.1, 0.15) is 10.4 Å². The largest absolute Gasteiger partial charge is 0.465 e. The summed E-state index contributed by atoms with van der Waals surface area (Å²) in [6.07, 6.45) is 0. The van der Waals surface area contributed by atoms with Gasteiger partial charge in [0.2, 0.25) is 5.91 Å². The number of para-hydroxylation sites is 1. The van der Waals surface area contributed by atoms with E-state index >= 15 is 0 Å². The molecule has 1 amide bonds. The number of rotatable bonds is 2. The van der Waals surface area contributed by atoms with Crippen molar-refractivity contribution >= 4 is 45.9 Å². The molecule has 6 heteroatoms. The number of ether oxygens (including phenoxy) is 1. The molecule has 1 aromatic rings. The molecule has 1 aliphatic heterocycles. The van der Waals surface area contributed by atoms with Crippen LogP contribution in [0.3, 0.4) is 0 Å². The summed E-state index contributed by atoms with van der Waals surface area (Å²) in [6, 6.07) is 6.76. The second-order valence-electron chi connectivity index (χ2n) is 3.29. The average molecular weight is 267 g/mol. The lowest BCUT2D eigenvalue weighted by Crippen LogP contribution is -2.29. The maximum absolute atomic E-state index is 11.7. The minimum atomic E-state index is -0.479. The van der Waals surface area contributed by atoms with Gasteiger partial charge in [0.05, 0.1) is 24.1 Å². The molecule has 88 valence electrons. The zero-order valence-corrected chi connectivity index (χ0v) is 10.6. The van der Waals surface area contributed by atoms with Crippen LogP contribution in [-0.2, 0) is 9.53 Å². The summed E-state index contributed by atoms with van der Waals surface area (Å²) in [7, 11) is 1.30. The number of thiocarbonyl (C=S) groups is 1. The first-order chi connectivity index (χ1) is 8.15. The molecule has 0 saturated carbocycles. The molecular weight excluding hydrogens is 258 g/mol. The molecule has 1 saturated heterocycles. The maximum atomic E-state index is 11.7.